The van der Waals surface area contributed by atoms with E-state index in [-0.39, 0.29) is 45.6 Å². The minimum absolute atomic E-state index is 0.107. The monoisotopic (exact) mass is 817 g/mol. The van der Waals surface area contributed by atoms with Gasteiger partial charge in [0.2, 0.25) is 0 Å². The zero-order chi connectivity index (χ0) is 44.3. The summed E-state index contributed by atoms with van der Waals surface area (Å²) < 4.78 is 137. The highest BCUT2D eigenvalue weighted by Gasteiger charge is 2.49. The van der Waals surface area contributed by atoms with E-state index in [1.165, 1.54) is 30.3 Å². The third-order valence-corrected chi connectivity index (χ3v) is 12.6. The van der Waals surface area contributed by atoms with Crippen molar-refractivity contribution in [3.05, 3.63) is 65.0 Å². The predicted octanol–water partition coefficient (Wildman–Crippen LogP) is 7.77. The maximum atomic E-state index is 16.3. The maximum Gasteiger partial charge on any atom is 0.416 e. The summed E-state index contributed by atoms with van der Waals surface area (Å²) in [5.41, 5.74) is -2.22. The van der Waals surface area contributed by atoms with Crippen molar-refractivity contribution in [2.45, 2.75) is 114 Å². The number of carbonyl (C=O) groups excluding carboxylic acids is 2. The Morgan fingerprint density at radius 1 is 1.02 bits per heavy atom. The molecule has 1 aromatic heterocycles. The summed E-state index contributed by atoms with van der Waals surface area (Å²) in [5.74, 6) is -7.89. The first-order valence-electron chi connectivity index (χ1n) is 20.0. The molecule has 3 aromatic rings. The van der Waals surface area contributed by atoms with E-state index >= 15 is 8.78 Å². The molecule has 1 fully saturated rings. The average molecular weight is 818 g/mol. The number of hydrogen-bond donors (Lipinski definition) is 2. The molecule has 2 N–H and O–H groups in total. The van der Waals surface area contributed by atoms with E-state index in [0.717, 1.165) is 19.9 Å². The molecule has 17 heteroatoms. The van der Waals surface area contributed by atoms with Crippen LogP contribution in [0.3, 0.4) is 0 Å². The molecule has 3 atom stereocenters. The number of hydrogen-bond acceptors (Lipinski definition) is 8. The first-order valence-corrected chi connectivity index (χ1v) is 22.9. The highest BCUT2D eigenvalue weighted by molar-refractivity contribution is 7.90. The molecular weight excluding hydrogens is 762 g/mol. The van der Waals surface area contributed by atoms with Crippen LogP contribution in [-0.2, 0) is 27.6 Å². The Hall–Kier alpha value is -2.93. The zero-order valence-corrected chi connectivity index (χ0v) is 34.0. The predicted molar refractivity (Wildman–Crippen MR) is 204 cm³/mol. The number of carbonyl (C=O) groups is 2. The lowest BCUT2D eigenvalue weighted by Gasteiger charge is -2.32. The molecule has 2 heterocycles. The van der Waals surface area contributed by atoms with Crippen molar-refractivity contribution in [1.82, 2.24) is 24.5 Å². The van der Waals surface area contributed by atoms with Gasteiger partial charge in [-0.3, -0.25) is 14.5 Å². The van der Waals surface area contributed by atoms with Gasteiger partial charge in [0.1, 0.15) is 23.3 Å². The van der Waals surface area contributed by atoms with Crippen molar-refractivity contribution >= 4 is 42.3 Å². The number of rotatable bonds is 18. The lowest BCUT2D eigenvalue weighted by molar-refractivity contribution is -0.265. The molecule has 2 amide bonds. The molecule has 5 rings (SSSR count). The van der Waals surface area contributed by atoms with Gasteiger partial charge in [0.05, 0.1) is 44.5 Å². The molecule has 1 saturated carbocycles. The van der Waals surface area contributed by atoms with E-state index in [9.17, 15) is 27.3 Å². The quantitative estimate of drug-likeness (QED) is 0.0440. The Morgan fingerprint density at radius 3 is 2.18 bits per heavy atom. The fourth-order valence-electron chi connectivity index (χ4n) is 5.67. The molecule has 304 valence electrons. The lowest BCUT2D eigenvalue weighted by Crippen LogP contribution is -2.47. The first-order chi connectivity index (χ1) is 26.9. The normalized spacial score (nSPS) is 19.2. The van der Waals surface area contributed by atoms with Crippen LogP contribution in [-0.4, -0.2) is 87.5 Å². The van der Waals surface area contributed by atoms with E-state index in [2.05, 4.69) is 29.7 Å². The Balaban J connectivity index is 1.53. The molecule has 0 radical (unpaired) electrons. The average Bonchev–Trinajstić information content (AvgIpc) is 3.84. The van der Waals surface area contributed by atoms with Crippen LogP contribution in [0, 0.1) is 5.92 Å². The third kappa shape index (κ3) is 10.5. The van der Waals surface area contributed by atoms with Gasteiger partial charge in [0.15, 0.2) is 5.60 Å². The number of halogens is 5. The Bertz CT molecular complexity index is 2010. The number of nitrogens with zero attached hydrogens (tertiary/aromatic N) is 3. The van der Waals surface area contributed by atoms with Crippen LogP contribution in [0.4, 0.5) is 22.0 Å². The number of imidazole rings is 1. The lowest BCUT2D eigenvalue weighted by atomic mass is 10.0. The number of benzene rings is 2. The fraction of sp³-hybridized carbons (Fsp3) is 0.605. The second kappa shape index (κ2) is 16.1. The van der Waals surface area contributed by atoms with Gasteiger partial charge in [-0.15, -0.1) is 4.72 Å². The van der Waals surface area contributed by atoms with Crippen LogP contribution in [0.1, 0.15) is 97.1 Å². The van der Waals surface area contributed by atoms with E-state index in [4.69, 9.17) is 19.9 Å². The molecule has 0 spiro atoms. The van der Waals surface area contributed by atoms with Gasteiger partial charge in [0, 0.05) is 34.8 Å². The SMILES string of the molecule is [2H]C([2H])(N[C@@H](c1ccc2c(c1)nc([C@H](COC(C)(C)C(F)(F)F)N[S+]([O-])C(C)(C)C)n2COCC[Si](C)(C)C)C1CC1)C(F)(F)C([2H])([2H])N1C(=O)c2ccccc2C1=O. The maximum absolute atomic E-state index is 16.3. The van der Waals surface area contributed by atoms with Crippen molar-refractivity contribution in [1.29, 1.82) is 0 Å². The minimum Gasteiger partial charge on any atom is -0.598 e. The number of ether oxygens (including phenoxy) is 2. The van der Waals surface area contributed by atoms with E-state index in [0.29, 0.717) is 25.0 Å². The molecule has 1 aliphatic carbocycles. The zero-order valence-electron chi connectivity index (χ0n) is 36.2. The van der Waals surface area contributed by atoms with Crippen molar-refractivity contribution in [3.8, 4) is 0 Å². The number of alkyl halides is 5. The van der Waals surface area contributed by atoms with E-state index < -0.39 is 85.4 Å². The Morgan fingerprint density at radius 2 is 1.64 bits per heavy atom. The van der Waals surface area contributed by atoms with Gasteiger partial charge in [-0.25, -0.2) is 13.8 Å². The van der Waals surface area contributed by atoms with Crippen molar-refractivity contribution in [2.24, 2.45) is 5.92 Å². The number of amides is 2. The summed E-state index contributed by atoms with van der Waals surface area (Å²) >= 11 is -1.82. The summed E-state index contributed by atoms with van der Waals surface area (Å²) in [7, 11) is -1.54. The van der Waals surface area contributed by atoms with E-state index in [1.807, 2.05) is 0 Å². The standard InChI is InChI=1S/C38H52F5N5O5SSi/c1-35(2,3)54(51)46-29(20-53-36(4,5)38(41,42)43)32-45-28-19-25(15-16-30(28)48(32)23-52-17-18-55(6,7)8)31(24-13-14-24)44-21-37(39,40)22-47-33(49)26-11-9-10-12-27(26)34(47)50/h9-12,15-16,19,24,29,31,44,46H,13-14,17-18,20-23H2,1-8H3/t29-,31+,54?/m0/s1/i21D2,22D2. The summed E-state index contributed by atoms with van der Waals surface area (Å²) in [4.78, 5) is 30.6. The summed E-state index contributed by atoms with van der Waals surface area (Å²) in [5, 5.41) is 2.31. The van der Waals surface area contributed by atoms with Gasteiger partial charge in [0.25, 0.3) is 17.7 Å². The molecule has 10 nitrogen and oxygen atoms in total. The highest BCUT2D eigenvalue weighted by Crippen LogP contribution is 2.42. The fourth-order valence-corrected chi connectivity index (χ4v) is 7.21. The molecule has 2 aliphatic rings. The van der Waals surface area contributed by atoms with Crippen molar-refractivity contribution in [3.63, 3.8) is 0 Å². The summed E-state index contributed by atoms with van der Waals surface area (Å²) in [6.45, 7) is 4.98. The highest BCUT2D eigenvalue weighted by atomic mass is 32.2. The van der Waals surface area contributed by atoms with Gasteiger partial charge >= 0.3 is 6.18 Å². The van der Waals surface area contributed by atoms with Crippen LogP contribution < -0.4 is 10.0 Å². The van der Waals surface area contributed by atoms with Gasteiger partial charge < -0.3 is 23.9 Å². The second-order valence-electron chi connectivity index (χ2n) is 16.6. The third-order valence-electron chi connectivity index (χ3n) is 9.31. The number of imide groups is 1. The minimum atomic E-state index is -4.99. The smallest absolute Gasteiger partial charge is 0.416 e. The molecule has 1 unspecified atom stereocenters. The molecule has 2 aromatic carbocycles. The summed E-state index contributed by atoms with van der Waals surface area (Å²) in [6, 6.07) is 8.29. The molecule has 1 aliphatic heterocycles. The number of fused-ring (bicyclic) bond motifs is 2. The van der Waals surface area contributed by atoms with Crippen molar-refractivity contribution in [2.75, 3.05) is 26.2 Å². The van der Waals surface area contributed by atoms with E-state index in [1.54, 1.807) is 37.5 Å². The number of aromatic nitrogens is 2. The number of nitrogens with one attached hydrogen (secondary N) is 2. The van der Waals surface area contributed by atoms with Gasteiger partial charge in [-0.05, 0) is 89.3 Å². The van der Waals surface area contributed by atoms with Gasteiger partial charge in [-0.1, -0.05) is 37.8 Å². The summed E-state index contributed by atoms with van der Waals surface area (Å²) in [6.07, 6.45) is -3.74. The molecule has 0 saturated heterocycles. The molecule has 0 bridgehead atoms. The van der Waals surface area contributed by atoms with Crippen LogP contribution in [0.2, 0.25) is 25.7 Å². The largest absolute Gasteiger partial charge is 0.598 e. The van der Waals surface area contributed by atoms with Crippen LogP contribution in [0.5, 0.6) is 0 Å². The van der Waals surface area contributed by atoms with Gasteiger partial charge in [-0.2, -0.15) is 13.2 Å². The first kappa shape index (κ1) is 37.6. The second-order valence-corrected chi connectivity index (χ2v) is 24.2. The van der Waals surface area contributed by atoms with Crippen LogP contribution in [0.15, 0.2) is 42.5 Å². The van der Waals surface area contributed by atoms with Crippen LogP contribution >= 0.6 is 0 Å². The Kier molecular flexibility index (Phi) is 11.0. The van der Waals surface area contributed by atoms with Crippen LogP contribution in [0.25, 0.3) is 11.0 Å². The van der Waals surface area contributed by atoms with Crippen molar-refractivity contribution < 1.29 is 51.1 Å². The Labute approximate surface area is 328 Å². The molecule has 55 heavy (non-hydrogen) atoms. The molecular formula is C38H52F5N5O5SSi. The topological polar surface area (TPSA) is 121 Å².